The zero-order chi connectivity index (χ0) is 15.8. The van der Waals surface area contributed by atoms with Crippen molar-refractivity contribution in [3.05, 3.63) is 35.6 Å². The summed E-state index contributed by atoms with van der Waals surface area (Å²) in [5.41, 5.74) is 0.255. The average molecular weight is 298 g/mol. The highest BCUT2D eigenvalue weighted by molar-refractivity contribution is 5.82. The van der Waals surface area contributed by atoms with Gasteiger partial charge in [0.1, 0.15) is 11.9 Å². The van der Waals surface area contributed by atoms with Gasteiger partial charge in [-0.15, -0.1) is 0 Å². The first-order valence-corrected chi connectivity index (χ1v) is 6.12. The Morgan fingerprint density at radius 1 is 1.19 bits per heavy atom. The predicted molar refractivity (Wildman–Crippen MR) is 70.1 cm³/mol. The van der Waals surface area contributed by atoms with E-state index in [1.54, 1.807) is 6.07 Å². The molecule has 1 unspecified atom stereocenters. The van der Waals surface area contributed by atoms with Crippen LogP contribution in [0.15, 0.2) is 24.3 Å². The topological polar surface area (TPSA) is 116 Å². The van der Waals surface area contributed by atoms with E-state index in [2.05, 4.69) is 10.6 Å². The smallest absolute Gasteiger partial charge is 0.326 e. The van der Waals surface area contributed by atoms with Gasteiger partial charge in [0.2, 0.25) is 0 Å². The highest BCUT2D eigenvalue weighted by Gasteiger charge is 2.20. The van der Waals surface area contributed by atoms with E-state index in [1.165, 1.54) is 18.2 Å². The standard InChI is InChI=1S/C13H15FN2O5/c14-9-4-2-1-3-8(9)7-15-13(21)16-10(12(19)20)5-6-11(17)18/h1-4,10H,5-7H2,(H,17,18)(H,19,20)(H2,15,16,21). The van der Waals surface area contributed by atoms with Gasteiger partial charge in [0.05, 0.1) is 0 Å². The van der Waals surface area contributed by atoms with Crippen LogP contribution in [-0.4, -0.2) is 34.2 Å². The molecular weight excluding hydrogens is 283 g/mol. The molecule has 0 bridgehead atoms. The summed E-state index contributed by atoms with van der Waals surface area (Å²) in [7, 11) is 0. The average Bonchev–Trinajstić information content (AvgIpc) is 2.42. The Bertz CT molecular complexity index is 535. The Balaban J connectivity index is 2.49. The van der Waals surface area contributed by atoms with Gasteiger partial charge < -0.3 is 20.8 Å². The Labute approximate surface area is 119 Å². The van der Waals surface area contributed by atoms with Crippen LogP contribution in [0.3, 0.4) is 0 Å². The van der Waals surface area contributed by atoms with E-state index in [0.29, 0.717) is 0 Å². The molecule has 4 N–H and O–H groups in total. The predicted octanol–water partition coefficient (Wildman–Crippen LogP) is 0.943. The maximum absolute atomic E-state index is 13.3. The Morgan fingerprint density at radius 3 is 2.43 bits per heavy atom. The van der Waals surface area contributed by atoms with Crippen LogP contribution in [0.5, 0.6) is 0 Å². The van der Waals surface area contributed by atoms with Gasteiger partial charge in [-0.3, -0.25) is 4.79 Å². The van der Waals surface area contributed by atoms with Gasteiger partial charge in [0.15, 0.2) is 0 Å². The number of aliphatic carboxylic acids is 2. The van der Waals surface area contributed by atoms with Gasteiger partial charge in [-0.05, 0) is 12.5 Å². The molecule has 0 spiro atoms. The van der Waals surface area contributed by atoms with E-state index in [4.69, 9.17) is 10.2 Å². The lowest BCUT2D eigenvalue weighted by Gasteiger charge is -2.14. The molecule has 0 fully saturated rings. The highest BCUT2D eigenvalue weighted by atomic mass is 19.1. The first-order valence-electron chi connectivity index (χ1n) is 6.12. The molecule has 0 aliphatic rings. The quantitative estimate of drug-likeness (QED) is 0.598. The highest BCUT2D eigenvalue weighted by Crippen LogP contribution is 2.05. The van der Waals surface area contributed by atoms with Crippen molar-refractivity contribution in [1.29, 1.82) is 0 Å². The number of hydrogen-bond donors (Lipinski definition) is 4. The second-order valence-electron chi connectivity index (χ2n) is 4.24. The molecule has 0 radical (unpaired) electrons. The van der Waals surface area contributed by atoms with Crippen molar-refractivity contribution in [1.82, 2.24) is 10.6 Å². The number of hydrogen-bond acceptors (Lipinski definition) is 3. The van der Waals surface area contributed by atoms with Gasteiger partial charge in [-0.2, -0.15) is 0 Å². The minimum atomic E-state index is -1.34. The number of carbonyl (C=O) groups is 3. The van der Waals surface area contributed by atoms with Crippen LogP contribution < -0.4 is 10.6 Å². The fraction of sp³-hybridized carbons (Fsp3) is 0.308. The molecule has 1 aromatic carbocycles. The number of nitrogens with one attached hydrogen (secondary N) is 2. The number of benzene rings is 1. The summed E-state index contributed by atoms with van der Waals surface area (Å²) in [6, 6.07) is 3.70. The lowest BCUT2D eigenvalue weighted by Crippen LogP contribution is -2.46. The molecule has 1 rings (SSSR count). The van der Waals surface area contributed by atoms with Crippen LogP contribution in [0.2, 0.25) is 0 Å². The van der Waals surface area contributed by atoms with E-state index >= 15 is 0 Å². The maximum Gasteiger partial charge on any atom is 0.326 e. The summed E-state index contributed by atoms with van der Waals surface area (Å²) in [5.74, 6) is -2.98. The molecule has 7 nitrogen and oxygen atoms in total. The van der Waals surface area contributed by atoms with E-state index in [0.717, 1.165) is 0 Å². The van der Waals surface area contributed by atoms with Crippen molar-refractivity contribution >= 4 is 18.0 Å². The molecule has 2 amide bonds. The molecule has 0 saturated heterocycles. The molecule has 0 aromatic heterocycles. The lowest BCUT2D eigenvalue weighted by molar-refractivity contribution is -0.140. The van der Waals surface area contributed by atoms with Crippen molar-refractivity contribution in [2.45, 2.75) is 25.4 Å². The van der Waals surface area contributed by atoms with E-state index in [9.17, 15) is 18.8 Å². The number of halogens is 1. The summed E-state index contributed by atoms with van der Waals surface area (Å²) < 4.78 is 13.3. The number of carbonyl (C=O) groups excluding carboxylic acids is 1. The van der Waals surface area contributed by atoms with Gasteiger partial charge in [-0.25, -0.2) is 14.0 Å². The molecule has 1 atom stereocenters. The van der Waals surface area contributed by atoms with Crippen LogP contribution in [-0.2, 0) is 16.1 Å². The summed E-state index contributed by atoms with van der Waals surface area (Å²) in [6.07, 6.45) is -0.623. The Morgan fingerprint density at radius 2 is 1.86 bits per heavy atom. The minimum Gasteiger partial charge on any atom is -0.481 e. The zero-order valence-electron chi connectivity index (χ0n) is 11.0. The van der Waals surface area contributed by atoms with E-state index in [1.807, 2.05) is 0 Å². The molecular formula is C13H15FN2O5. The molecule has 0 saturated carbocycles. The number of carboxylic acids is 2. The molecule has 1 aromatic rings. The first-order chi connectivity index (χ1) is 9.90. The van der Waals surface area contributed by atoms with Gasteiger partial charge >= 0.3 is 18.0 Å². The van der Waals surface area contributed by atoms with Crippen LogP contribution in [0, 0.1) is 5.82 Å². The van der Waals surface area contributed by atoms with Crippen molar-refractivity contribution in [2.24, 2.45) is 0 Å². The number of rotatable bonds is 7. The van der Waals surface area contributed by atoms with E-state index in [-0.39, 0.29) is 24.9 Å². The van der Waals surface area contributed by atoms with Crippen LogP contribution in [0.1, 0.15) is 18.4 Å². The number of amides is 2. The van der Waals surface area contributed by atoms with Crippen LogP contribution in [0.25, 0.3) is 0 Å². The second-order valence-corrected chi connectivity index (χ2v) is 4.24. The van der Waals surface area contributed by atoms with Gasteiger partial charge in [0, 0.05) is 18.5 Å². The summed E-state index contributed by atoms with van der Waals surface area (Å²) in [6.45, 7) is -0.107. The summed E-state index contributed by atoms with van der Waals surface area (Å²) in [5, 5.41) is 21.8. The number of carboxylic acid groups (broad SMARTS) is 2. The monoisotopic (exact) mass is 298 g/mol. The minimum absolute atomic E-state index is 0.107. The lowest BCUT2D eigenvalue weighted by atomic mass is 10.1. The van der Waals surface area contributed by atoms with Crippen molar-refractivity contribution in [3.63, 3.8) is 0 Å². The fourth-order valence-electron chi connectivity index (χ4n) is 1.55. The largest absolute Gasteiger partial charge is 0.481 e. The molecule has 0 heterocycles. The molecule has 21 heavy (non-hydrogen) atoms. The zero-order valence-corrected chi connectivity index (χ0v) is 11.0. The van der Waals surface area contributed by atoms with Crippen molar-refractivity contribution in [2.75, 3.05) is 0 Å². The fourth-order valence-corrected chi connectivity index (χ4v) is 1.55. The normalized spacial score (nSPS) is 11.5. The Hall–Kier alpha value is -2.64. The summed E-state index contributed by atoms with van der Waals surface area (Å²) >= 11 is 0. The molecule has 8 heteroatoms. The molecule has 0 aliphatic carbocycles. The molecule has 114 valence electrons. The maximum atomic E-state index is 13.3. The number of urea groups is 1. The van der Waals surface area contributed by atoms with Gasteiger partial charge in [-0.1, -0.05) is 18.2 Å². The van der Waals surface area contributed by atoms with Crippen LogP contribution in [0.4, 0.5) is 9.18 Å². The van der Waals surface area contributed by atoms with E-state index < -0.39 is 29.8 Å². The van der Waals surface area contributed by atoms with Gasteiger partial charge in [0.25, 0.3) is 0 Å². The second kappa shape index (κ2) is 7.83. The van der Waals surface area contributed by atoms with Crippen LogP contribution >= 0.6 is 0 Å². The third kappa shape index (κ3) is 5.89. The third-order valence-corrected chi connectivity index (χ3v) is 2.65. The molecule has 0 aliphatic heterocycles. The third-order valence-electron chi connectivity index (χ3n) is 2.65. The van der Waals surface area contributed by atoms with Crippen molar-refractivity contribution in [3.8, 4) is 0 Å². The Kier molecular flexibility index (Phi) is 6.12. The summed E-state index contributed by atoms with van der Waals surface area (Å²) in [4.78, 5) is 32.8. The SMILES string of the molecule is O=C(O)CCC(NC(=O)NCc1ccccc1F)C(=O)O. The van der Waals surface area contributed by atoms with Crippen molar-refractivity contribution < 1.29 is 29.0 Å². The first kappa shape index (κ1) is 16.4.